The summed E-state index contributed by atoms with van der Waals surface area (Å²) in [6.45, 7) is 6.69. The zero-order valence-electron chi connectivity index (χ0n) is 39.1. The van der Waals surface area contributed by atoms with E-state index in [1.54, 1.807) is 0 Å². The van der Waals surface area contributed by atoms with Crippen molar-refractivity contribution >= 4 is 101 Å². The molecule has 0 unspecified atom stereocenters. The molecule has 330 valence electrons. The van der Waals surface area contributed by atoms with Gasteiger partial charge in [0.25, 0.3) is 0 Å². The maximum Gasteiger partial charge on any atom is 0.247 e. The van der Waals surface area contributed by atoms with Crippen molar-refractivity contribution < 1.29 is 8.83 Å². The molecular formula is C65H45BN2O2. The van der Waals surface area contributed by atoms with Gasteiger partial charge in [0.15, 0.2) is 0 Å². The largest absolute Gasteiger partial charge is 0.456 e. The molecule has 4 nitrogen and oxygen atoms in total. The Morgan fingerprint density at radius 1 is 0.414 bits per heavy atom. The van der Waals surface area contributed by atoms with E-state index in [1.807, 2.05) is 0 Å². The van der Waals surface area contributed by atoms with Gasteiger partial charge in [0, 0.05) is 55.7 Å². The Morgan fingerprint density at radius 3 is 1.54 bits per heavy atom. The third-order valence-corrected chi connectivity index (χ3v) is 15.6. The fourth-order valence-electron chi connectivity index (χ4n) is 12.7. The number of fused-ring (bicyclic) bond motifs is 17. The van der Waals surface area contributed by atoms with Gasteiger partial charge in [-0.2, -0.15) is 0 Å². The minimum atomic E-state index is -0.715. The summed E-state index contributed by atoms with van der Waals surface area (Å²) in [6.07, 6.45) is 0. The zero-order chi connectivity index (χ0) is 46.5. The molecule has 0 fully saturated rings. The Bertz CT molecular complexity index is 4040. The third-order valence-electron chi connectivity index (χ3n) is 15.6. The summed E-state index contributed by atoms with van der Waals surface area (Å²) in [5.74, 6) is 0. The van der Waals surface area contributed by atoms with Gasteiger partial charge in [0.05, 0.1) is 5.41 Å². The average molecular weight is 897 g/mol. The highest BCUT2D eigenvalue weighted by atomic mass is 16.3. The summed E-state index contributed by atoms with van der Waals surface area (Å²) in [5, 5.41) is 4.44. The normalized spacial score (nSPS) is 14.0. The summed E-state index contributed by atoms with van der Waals surface area (Å²) in [4.78, 5) is 5.00. The van der Waals surface area contributed by atoms with Crippen LogP contribution in [0.5, 0.6) is 0 Å². The average Bonchev–Trinajstić information content (AvgIpc) is 4.05. The fourth-order valence-corrected chi connectivity index (χ4v) is 12.7. The topological polar surface area (TPSA) is 32.8 Å². The van der Waals surface area contributed by atoms with E-state index in [0.717, 1.165) is 78.0 Å². The lowest BCUT2D eigenvalue weighted by atomic mass is 9.29. The van der Waals surface area contributed by atoms with Gasteiger partial charge in [-0.1, -0.05) is 160 Å². The minimum Gasteiger partial charge on any atom is -0.456 e. The van der Waals surface area contributed by atoms with Crippen LogP contribution in [0.15, 0.2) is 227 Å². The smallest absolute Gasteiger partial charge is 0.247 e. The first kappa shape index (κ1) is 39.5. The number of benzene rings is 10. The molecule has 2 aliphatic heterocycles. The lowest BCUT2D eigenvalue weighted by Crippen LogP contribution is -2.65. The Kier molecular flexibility index (Phi) is 8.04. The molecule has 0 saturated carbocycles. The molecule has 0 N–H and O–H groups in total. The van der Waals surface area contributed by atoms with Crippen LogP contribution in [0.2, 0.25) is 0 Å². The van der Waals surface area contributed by atoms with Gasteiger partial charge in [0.2, 0.25) is 6.71 Å². The van der Waals surface area contributed by atoms with Gasteiger partial charge >= 0.3 is 0 Å². The first-order valence-electron chi connectivity index (χ1n) is 24.4. The highest BCUT2D eigenvalue weighted by molar-refractivity contribution is 6.99. The van der Waals surface area contributed by atoms with E-state index in [2.05, 4.69) is 249 Å². The van der Waals surface area contributed by atoms with E-state index in [4.69, 9.17) is 8.83 Å². The van der Waals surface area contributed by atoms with Gasteiger partial charge < -0.3 is 18.6 Å². The van der Waals surface area contributed by atoms with Crippen LogP contribution >= 0.6 is 0 Å². The van der Waals surface area contributed by atoms with Crippen LogP contribution in [0.25, 0.3) is 55.0 Å². The van der Waals surface area contributed by atoms with Gasteiger partial charge in [-0.15, -0.1) is 0 Å². The number of furan rings is 2. The standard InChI is InChI=1S/C65H45BN2O2/c1-64(2,3)40-30-32-43(33-31-40)68-57-37-50-48-25-13-17-29-60(48)70-62(50)39-56(57)66-55-38-61-49(47-24-12-16-28-59(47)69-61)36-53(55)65(51-26-14-10-22-45(51)46-23-11-15-27-52(46)65)54-34-44(35-58(68)63(54)66)67(41-18-6-4-7-19-41)42-20-8-5-9-21-42/h4-39H,1-3H3. The zero-order valence-corrected chi connectivity index (χ0v) is 39.1. The molecule has 12 aromatic rings. The van der Waals surface area contributed by atoms with Crippen LogP contribution in [0.3, 0.4) is 0 Å². The molecule has 0 radical (unpaired) electrons. The van der Waals surface area contributed by atoms with Crippen molar-refractivity contribution in [1.29, 1.82) is 0 Å². The second kappa shape index (κ2) is 14.3. The number of para-hydroxylation sites is 4. The van der Waals surface area contributed by atoms with E-state index in [0.29, 0.717) is 0 Å². The van der Waals surface area contributed by atoms with E-state index < -0.39 is 5.41 Å². The molecule has 70 heavy (non-hydrogen) atoms. The van der Waals surface area contributed by atoms with Crippen LogP contribution in [0.4, 0.5) is 34.1 Å². The maximum atomic E-state index is 6.88. The molecule has 1 aliphatic carbocycles. The van der Waals surface area contributed by atoms with Gasteiger partial charge in [-0.05, 0) is 140 Å². The number of rotatable bonds is 4. The van der Waals surface area contributed by atoms with E-state index in [9.17, 15) is 0 Å². The lowest BCUT2D eigenvalue weighted by molar-refractivity contribution is 0.590. The van der Waals surface area contributed by atoms with Gasteiger partial charge in [-0.3, -0.25) is 0 Å². The number of hydrogen-bond donors (Lipinski definition) is 0. The number of anilines is 6. The van der Waals surface area contributed by atoms with Crippen molar-refractivity contribution in [2.24, 2.45) is 0 Å². The molecule has 0 atom stereocenters. The highest BCUT2D eigenvalue weighted by Gasteiger charge is 2.55. The Hall–Kier alpha value is -8.54. The molecule has 3 aliphatic rings. The lowest BCUT2D eigenvalue weighted by Gasteiger charge is -2.48. The summed E-state index contributed by atoms with van der Waals surface area (Å²) < 4.78 is 13.7. The molecule has 0 bridgehead atoms. The first-order valence-corrected chi connectivity index (χ1v) is 24.4. The van der Waals surface area contributed by atoms with Gasteiger partial charge in [0.1, 0.15) is 22.3 Å². The molecule has 4 heterocycles. The van der Waals surface area contributed by atoms with Crippen molar-refractivity contribution in [2.45, 2.75) is 31.6 Å². The van der Waals surface area contributed by atoms with E-state index in [-0.39, 0.29) is 12.1 Å². The Balaban J connectivity index is 1.16. The monoisotopic (exact) mass is 896 g/mol. The van der Waals surface area contributed by atoms with Crippen molar-refractivity contribution in [3.05, 3.63) is 246 Å². The Labute approximate surface area is 406 Å². The van der Waals surface area contributed by atoms with Crippen molar-refractivity contribution in [2.75, 3.05) is 9.80 Å². The fraction of sp³-hybridized carbons (Fsp3) is 0.0769. The van der Waals surface area contributed by atoms with Crippen LogP contribution in [0, 0.1) is 0 Å². The Morgan fingerprint density at radius 2 is 0.943 bits per heavy atom. The summed E-state index contributed by atoms with van der Waals surface area (Å²) in [6, 6.07) is 80.9. The molecular weight excluding hydrogens is 852 g/mol. The SMILES string of the molecule is CC(C)(C)c1ccc(N2c3cc4c(cc3B3c5cc6oc7ccccc7c6cc5C5(c6ccccc6-c6ccccc65)c5cc(N(c6ccccc6)c6ccccc6)cc2c53)oc2ccccc24)cc1. The van der Waals surface area contributed by atoms with Crippen LogP contribution in [-0.4, -0.2) is 6.71 Å². The van der Waals surface area contributed by atoms with Crippen molar-refractivity contribution in [3.63, 3.8) is 0 Å². The minimum absolute atomic E-state index is 0.0163. The molecule has 1 spiro atoms. The number of nitrogens with zero attached hydrogens (tertiary/aromatic N) is 2. The predicted octanol–water partition coefficient (Wildman–Crippen LogP) is 15.2. The summed E-state index contributed by atoms with van der Waals surface area (Å²) in [5.41, 5.74) is 22.1. The molecule has 0 amide bonds. The molecule has 0 saturated heterocycles. The number of hydrogen-bond acceptors (Lipinski definition) is 4. The second-order valence-electron chi connectivity index (χ2n) is 20.4. The quantitative estimate of drug-likeness (QED) is 0.165. The first-order chi connectivity index (χ1) is 34.3. The summed E-state index contributed by atoms with van der Waals surface area (Å²) in [7, 11) is 0. The maximum absolute atomic E-state index is 6.88. The molecule has 15 rings (SSSR count). The van der Waals surface area contributed by atoms with Crippen LogP contribution in [0.1, 0.15) is 48.6 Å². The van der Waals surface area contributed by atoms with Crippen LogP contribution in [-0.2, 0) is 10.8 Å². The van der Waals surface area contributed by atoms with Gasteiger partial charge in [-0.25, -0.2) is 0 Å². The van der Waals surface area contributed by atoms with Crippen LogP contribution < -0.4 is 26.2 Å². The molecule has 5 heteroatoms. The van der Waals surface area contributed by atoms with E-state index >= 15 is 0 Å². The predicted molar refractivity (Wildman–Crippen MR) is 291 cm³/mol. The second-order valence-corrected chi connectivity index (χ2v) is 20.4. The van der Waals surface area contributed by atoms with Crippen molar-refractivity contribution in [3.8, 4) is 11.1 Å². The third kappa shape index (κ3) is 5.32. The highest BCUT2D eigenvalue weighted by Crippen LogP contribution is 2.59. The van der Waals surface area contributed by atoms with Crippen molar-refractivity contribution in [1.82, 2.24) is 0 Å². The molecule has 2 aromatic heterocycles. The summed E-state index contributed by atoms with van der Waals surface area (Å²) >= 11 is 0. The van der Waals surface area contributed by atoms with E-state index in [1.165, 1.54) is 55.3 Å². The molecule has 10 aromatic carbocycles.